The summed E-state index contributed by atoms with van der Waals surface area (Å²) in [5.74, 6) is 0.717. The van der Waals surface area contributed by atoms with Gasteiger partial charge in [-0.15, -0.1) is 11.3 Å². The van der Waals surface area contributed by atoms with Crippen LogP contribution < -0.4 is 10.1 Å². The molecule has 3 aromatic rings. The molecular weight excluding hydrogens is 372 g/mol. The number of anilines is 1. The summed E-state index contributed by atoms with van der Waals surface area (Å²) in [6.07, 6.45) is 0.977. The molecule has 2 aromatic carbocycles. The molecule has 6 heteroatoms. The highest BCUT2D eigenvalue weighted by molar-refractivity contribution is 7.16. The zero-order chi connectivity index (χ0) is 19.5. The average Bonchev–Trinajstić information content (AvgIpc) is 3.08. The smallest absolute Gasteiger partial charge is 0.229 e. The van der Waals surface area contributed by atoms with E-state index in [9.17, 15) is 4.79 Å². The lowest BCUT2D eigenvalue weighted by atomic mass is 9.96. The Hall–Kier alpha value is -2.70. The number of nitrogens with one attached hydrogen (secondary N) is 1. The van der Waals surface area contributed by atoms with Crippen molar-refractivity contribution in [3.8, 4) is 17.0 Å². The molecule has 0 spiro atoms. The van der Waals surface area contributed by atoms with Gasteiger partial charge < -0.3 is 14.8 Å². The summed E-state index contributed by atoms with van der Waals surface area (Å²) in [6.45, 7) is 2.65. The molecule has 0 fully saturated rings. The van der Waals surface area contributed by atoms with Gasteiger partial charge in [-0.05, 0) is 48.7 Å². The largest absolute Gasteiger partial charge is 0.497 e. The van der Waals surface area contributed by atoms with Crippen molar-refractivity contribution >= 4 is 22.4 Å². The number of aryl methyl sites for hydroxylation is 1. The Kier molecular flexibility index (Phi) is 5.41. The van der Waals surface area contributed by atoms with Gasteiger partial charge in [0, 0.05) is 10.4 Å². The van der Waals surface area contributed by atoms with Crippen LogP contribution >= 0.6 is 11.3 Å². The molecular formula is C22H22N2O3S. The number of carbonyl (C=O) groups is 1. The number of thiazole rings is 1. The highest BCUT2D eigenvalue weighted by Crippen LogP contribution is 2.33. The molecule has 1 aromatic heterocycles. The quantitative estimate of drug-likeness (QED) is 0.677. The normalized spacial score (nSPS) is 15.7. The summed E-state index contributed by atoms with van der Waals surface area (Å²) in [6, 6.07) is 15.9. The van der Waals surface area contributed by atoms with Crippen molar-refractivity contribution in [3.05, 3.63) is 64.5 Å². The lowest BCUT2D eigenvalue weighted by Gasteiger charge is -2.25. The molecule has 1 unspecified atom stereocenters. The Labute approximate surface area is 168 Å². The van der Waals surface area contributed by atoms with Gasteiger partial charge in [-0.25, -0.2) is 4.98 Å². The van der Waals surface area contributed by atoms with Crippen LogP contribution in [0.4, 0.5) is 5.13 Å². The van der Waals surface area contributed by atoms with Gasteiger partial charge in [0.2, 0.25) is 5.91 Å². The Morgan fingerprint density at radius 3 is 2.82 bits per heavy atom. The number of carbonyl (C=O) groups excluding carboxylic acids is 1. The maximum atomic E-state index is 12.6. The van der Waals surface area contributed by atoms with Crippen LogP contribution in [0.5, 0.6) is 5.75 Å². The molecule has 0 radical (unpaired) electrons. The molecule has 0 aliphatic carbocycles. The van der Waals surface area contributed by atoms with Crippen LogP contribution in [0.1, 0.15) is 28.5 Å². The van der Waals surface area contributed by atoms with E-state index in [2.05, 4.69) is 16.4 Å². The van der Waals surface area contributed by atoms with E-state index in [1.54, 1.807) is 7.11 Å². The lowest BCUT2D eigenvalue weighted by molar-refractivity contribution is -0.119. The van der Waals surface area contributed by atoms with E-state index in [-0.39, 0.29) is 18.4 Å². The number of rotatable bonds is 5. The minimum Gasteiger partial charge on any atom is -0.497 e. The van der Waals surface area contributed by atoms with Crippen molar-refractivity contribution in [3.63, 3.8) is 0 Å². The molecule has 1 aliphatic heterocycles. The number of amides is 1. The molecule has 28 heavy (non-hydrogen) atoms. The fourth-order valence-corrected chi connectivity index (χ4v) is 4.30. The summed E-state index contributed by atoms with van der Waals surface area (Å²) >= 11 is 1.48. The topological polar surface area (TPSA) is 60.5 Å². The second-order valence-corrected chi connectivity index (χ2v) is 7.92. The number of nitrogens with zero attached hydrogens (tertiary/aromatic N) is 1. The first kappa shape index (κ1) is 18.7. The van der Waals surface area contributed by atoms with Gasteiger partial charge in [-0.2, -0.15) is 0 Å². The average molecular weight is 394 g/mol. The monoisotopic (exact) mass is 394 g/mol. The number of ether oxygens (including phenoxy) is 2. The van der Waals surface area contributed by atoms with Crippen molar-refractivity contribution in [2.24, 2.45) is 0 Å². The van der Waals surface area contributed by atoms with Gasteiger partial charge in [0.25, 0.3) is 0 Å². The molecule has 2 heterocycles. The Balaban J connectivity index is 1.45. The van der Waals surface area contributed by atoms with Crippen LogP contribution in [-0.4, -0.2) is 24.6 Å². The second kappa shape index (κ2) is 8.12. The van der Waals surface area contributed by atoms with Crippen molar-refractivity contribution in [2.75, 3.05) is 19.0 Å². The van der Waals surface area contributed by atoms with Gasteiger partial charge in [0.15, 0.2) is 5.13 Å². The number of aromatic nitrogens is 1. The zero-order valence-corrected chi connectivity index (χ0v) is 16.7. The molecule has 144 valence electrons. The number of fused-ring (bicyclic) bond motifs is 1. The molecule has 0 bridgehead atoms. The fourth-order valence-electron chi connectivity index (χ4n) is 3.45. The van der Waals surface area contributed by atoms with E-state index in [0.29, 0.717) is 11.7 Å². The fraction of sp³-hybridized carbons (Fsp3) is 0.273. The highest BCUT2D eigenvalue weighted by Gasteiger charge is 2.23. The van der Waals surface area contributed by atoms with Crippen LogP contribution in [0.3, 0.4) is 0 Å². The summed E-state index contributed by atoms with van der Waals surface area (Å²) in [7, 11) is 1.64. The van der Waals surface area contributed by atoms with Crippen LogP contribution in [-0.2, 0) is 16.0 Å². The predicted molar refractivity (Wildman–Crippen MR) is 111 cm³/mol. The minimum absolute atomic E-state index is 0.0864. The van der Waals surface area contributed by atoms with Crippen LogP contribution in [0, 0.1) is 6.92 Å². The first-order valence-electron chi connectivity index (χ1n) is 9.25. The number of methoxy groups -OCH3 is 1. The lowest BCUT2D eigenvalue weighted by Crippen LogP contribution is -2.22. The first-order chi connectivity index (χ1) is 13.6. The molecule has 0 saturated heterocycles. The Bertz CT molecular complexity index is 982. The molecule has 1 N–H and O–H groups in total. The van der Waals surface area contributed by atoms with Gasteiger partial charge in [0.05, 0.1) is 31.9 Å². The third-order valence-corrected chi connectivity index (χ3v) is 5.76. The third-order valence-electron chi connectivity index (χ3n) is 4.87. The van der Waals surface area contributed by atoms with Crippen molar-refractivity contribution in [1.29, 1.82) is 0 Å². The minimum atomic E-state index is -0.202. The first-order valence-corrected chi connectivity index (χ1v) is 10.1. The molecule has 1 atom stereocenters. The molecule has 4 rings (SSSR count). The van der Waals surface area contributed by atoms with E-state index in [4.69, 9.17) is 9.47 Å². The standard InChI is InChI=1S/C22H22N2O3S/c1-14-21(16-7-9-17(26-2)10-8-16)24-22(28-14)23-20(25)13-19-18-6-4-3-5-15(18)11-12-27-19/h3-10,19H,11-13H2,1-2H3,(H,23,24,25). The van der Waals surface area contributed by atoms with Gasteiger partial charge in [-0.1, -0.05) is 24.3 Å². The SMILES string of the molecule is COc1ccc(-c2nc(NC(=O)CC3OCCc4ccccc43)sc2C)cc1. The van der Waals surface area contributed by atoms with Crippen molar-refractivity contribution in [2.45, 2.75) is 25.9 Å². The number of hydrogen-bond donors (Lipinski definition) is 1. The predicted octanol–water partition coefficient (Wildman–Crippen LogP) is 4.77. The van der Waals surface area contributed by atoms with Gasteiger partial charge in [0.1, 0.15) is 5.75 Å². The second-order valence-electron chi connectivity index (χ2n) is 6.71. The van der Waals surface area contributed by atoms with Crippen LogP contribution in [0.2, 0.25) is 0 Å². The highest BCUT2D eigenvalue weighted by atomic mass is 32.1. The third kappa shape index (κ3) is 3.93. The van der Waals surface area contributed by atoms with E-state index in [1.165, 1.54) is 16.9 Å². The maximum absolute atomic E-state index is 12.6. The van der Waals surface area contributed by atoms with E-state index in [0.717, 1.165) is 33.9 Å². The molecule has 1 amide bonds. The van der Waals surface area contributed by atoms with Crippen molar-refractivity contribution in [1.82, 2.24) is 4.98 Å². The van der Waals surface area contributed by atoms with E-state index in [1.807, 2.05) is 49.4 Å². The van der Waals surface area contributed by atoms with Gasteiger partial charge >= 0.3 is 0 Å². The molecule has 1 aliphatic rings. The van der Waals surface area contributed by atoms with E-state index >= 15 is 0 Å². The molecule has 0 saturated carbocycles. The Morgan fingerprint density at radius 1 is 1.25 bits per heavy atom. The summed E-state index contributed by atoms with van der Waals surface area (Å²) in [5, 5.41) is 3.55. The van der Waals surface area contributed by atoms with E-state index < -0.39 is 0 Å². The number of hydrogen-bond acceptors (Lipinski definition) is 5. The number of benzene rings is 2. The maximum Gasteiger partial charge on any atom is 0.229 e. The molecule has 5 nitrogen and oxygen atoms in total. The van der Waals surface area contributed by atoms with Crippen LogP contribution in [0.25, 0.3) is 11.3 Å². The summed E-state index contributed by atoms with van der Waals surface area (Å²) in [4.78, 5) is 18.3. The summed E-state index contributed by atoms with van der Waals surface area (Å²) in [5.41, 5.74) is 4.25. The van der Waals surface area contributed by atoms with Crippen LogP contribution in [0.15, 0.2) is 48.5 Å². The Morgan fingerprint density at radius 2 is 2.04 bits per heavy atom. The van der Waals surface area contributed by atoms with Gasteiger partial charge in [-0.3, -0.25) is 4.79 Å². The van der Waals surface area contributed by atoms with Crippen molar-refractivity contribution < 1.29 is 14.3 Å². The zero-order valence-electron chi connectivity index (χ0n) is 15.9. The summed E-state index contributed by atoms with van der Waals surface area (Å²) < 4.78 is 11.0.